The van der Waals surface area contributed by atoms with Crippen molar-refractivity contribution in [2.45, 2.75) is 32.3 Å². The second kappa shape index (κ2) is 7.53. The standard InChI is InChI=1S/C9H21NO2/c1-3-4-5-9(12)8-10(2)6-7-11/h9,11-12H,3-8H2,1-2H3. The minimum Gasteiger partial charge on any atom is -0.395 e. The van der Waals surface area contributed by atoms with Gasteiger partial charge in [0.1, 0.15) is 0 Å². The molecule has 0 rings (SSSR count). The van der Waals surface area contributed by atoms with E-state index in [1.165, 1.54) is 0 Å². The van der Waals surface area contributed by atoms with Crippen LogP contribution in [-0.4, -0.2) is 48.0 Å². The molecule has 74 valence electrons. The summed E-state index contributed by atoms with van der Waals surface area (Å²) in [7, 11) is 1.91. The van der Waals surface area contributed by atoms with Gasteiger partial charge in [-0.25, -0.2) is 0 Å². The maximum atomic E-state index is 9.45. The predicted octanol–water partition coefficient (Wildman–Crippen LogP) is 0.462. The summed E-state index contributed by atoms with van der Waals surface area (Å²) in [5.41, 5.74) is 0. The highest BCUT2D eigenvalue weighted by molar-refractivity contribution is 4.60. The topological polar surface area (TPSA) is 43.7 Å². The third-order valence-corrected chi connectivity index (χ3v) is 1.90. The third-order valence-electron chi connectivity index (χ3n) is 1.90. The molecular formula is C9H21NO2. The molecule has 0 aromatic carbocycles. The van der Waals surface area contributed by atoms with E-state index in [2.05, 4.69) is 6.92 Å². The lowest BCUT2D eigenvalue weighted by molar-refractivity contribution is 0.106. The molecule has 0 spiro atoms. The molecule has 1 atom stereocenters. The second-order valence-corrected chi connectivity index (χ2v) is 3.28. The first kappa shape index (κ1) is 11.9. The molecule has 0 fully saturated rings. The SMILES string of the molecule is CCCCC(O)CN(C)CCO. The van der Waals surface area contributed by atoms with E-state index in [1.54, 1.807) is 0 Å². The fourth-order valence-corrected chi connectivity index (χ4v) is 1.15. The zero-order chi connectivity index (χ0) is 9.40. The van der Waals surface area contributed by atoms with E-state index in [9.17, 15) is 5.11 Å². The van der Waals surface area contributed by atoms with E-state index in [-0.39, 0.29) is 12.7 Å². The Hall–Kier alpha value is -0.120. The van der Waals surface area contributed by atoms with Gasteiger partial charge in [0, 0.05) is 13.1 Å². The molecule has 0 aliphatic carbocycles. The maximum Gasteiger partial charge on any atom is 0.0667 e. The van der Waals surface area contributed by atoms with Gasteiger partial charge < -0.3 is 15.1 Å². The lowest BCUT2D eigenvalue weighted by Gasteiger charge is -2.19. The monoisotopic (exact) mass is 175 g/mol. The van der Waals surface area contributed by atoms with Gasteiger partial charge in [-0.05, 0) is 13.5 Å². The van der Waals surface area contributed by atoms with Gasteiger partial charge in [0.15, 0.2) is 0 Å². The van der Waals surface area contributed by atoms with Crippen LogP contribution in [0.3, 0.4) is 0 Å². The zero-order valence-corrected chi connectivity index (χ0v) is 8.16. The van der Waals surface area contributed by atoms with Crippen LogP contribution >= 0.6 is 0 Å². The van der Waals surface area contributed by atoms with Crippen LogP contribution in [-0.2, 0) is 0 Å². The number of hydrogen-bond acceptors (Lipinski definition) is 3. The smallest absolute Gasteiger partial charge is 0.0667 e. The Morgan fingerprint density at radius 2 is 2.08 bits per heavy atom. The van der Waals surface area contributed by atoms with Crippen LogP contribution in [0.4, 0.5) is 0 Å². The van der Waals surface area contributed by atoms with Crippen LogP contribution in [0.15, 0.2) is 0 Å². The molecule has 0 aliphatic rings. The quantitative estimate of drug-likeness (QED) is 0.591. The van der Waals surface area contributed by atoms with Crippen molar-refractivity contribution in [3.05, 3.63) is 0 Å². The summed E-state index contributed by atoms with van der Waals surface area (Å²) in [5, 5.41) is 18.1. The van der Waals surface area contributed by atoms with E-state index in [4.69, 9.17) is 5.11 Å². The van der Waals surface area contributed by atoms with Crippen molar-refractivity contribution in [3.63, 3.8) is 0 Å². The second-order valence-electron chi connectivity index (χ2n) is 3.28. The number of unbranched alkanes of at least 4 members (excludes halogenated alkanes) is 1. The van der Waals surface area contributed by atoms with E-state index >= 15 is 0 Å². The predicted molar refractivity (Wildman–Crippen MR) is 50.1 cm³/mol. The Bertz CT molecular complexity index is 98.5. The van der Waals surface area contributed by atoms with Crippen molar-refractivity contribution in [1.82, 2.24) is 4.90 Å². The van der Waals surface area contributed by atoms with Gasteiger partial charge in [-0.2, -0.15) is 0 Å². The number of aliphatic hydroxyl groups is 2. The molecule has 0 aromatic heterocycles. The van der Waals surface area contributed by atoms with Crippen LogP contribution in [0.5, 0.6) is 0 Å². The molecule has 2 N–H and O–H groups in total. The highest BCUT2D eigenvalue weighted by atomic mass is 16.3. The molecule has 12 heavy (non-hydrogen) atoms. The molecule has 1 unspecified atom stereocenters. The molecule has 0 heterocycles. The first-order valence-corrected chi connectivity index (χ1v) is 4.68. The number of likely N-dealkylation sites (N-methyl/N-ethyl adjacent to an activating group) is 1. The molecule has 3 heteroatoms. The third kappa shape index (κ3) is 6.58. The highest BCUT2D eigenvalue weighted by Gasteiger charge is 2.06. The van der Waals surface area contributed by atoms with E-state index < -0.39 is 0 Å². The summed E-state index contributed by atoms with van der Waals surface area (Å²) in [6, 6.07) is 0. The lowest BCUT2D eigenvalue weighted by atomic mass is 10.1. The number of rotatable bonds is 7. The minimum absolute atomic E-state index is 0.164. The molecule has 3 nitrogen and oxygen atoms in total. The van der Waals surface area contributed by atoms with Gasteiger partial charge >= 0.3 is 0 Å². The van der Waals surface area contributed by atoms with Crippen molar-refractivity contribution in [3.8, 4) is 0 Å². The molecule has 0 amide bonds. The minimum atomic E-state index is -0.235. The summed E-state index contributed by atoms with van der Waals surface area (Å²) in [5.74, 6) is 0. The Morgan fingerprint density at radius 3 is 2.58 bits per heavy atom. The first-order chi connectivity index (χ1) is 5.70. The first-order valence-electron chi connectivity index (χ1n) is 4.68. The summed E-state index contributed by atoms with van der Waals surface area (Å²) in [6.45, 7) is 3.59. The Morgan fingerprint density at radius 1 is 1.42 bits per heavy atom. The molecule has 0 aliphatic heterocycles. The number of aliphatic hydroxyl groups excluding tert-OH is 2. The van der Waals surface area contributed by atoms with E-state index in [0.29, 0.717) is 13.1 Å². The molecule has 0 bridgehead atoms. The number of nitrogens with zero attached hydrogens (tertiary/aromatic N) is 1. The summed E-state index contributed by atoms with van der Waals surface area (Å²) in [6.07, 6.45) is 2.84. The normalized spacial score (nSPS) is 13.8. The van der Waals surface area contributed by atoms with Crippen LogP contribution in [0.2, 0.25) is 0 Å². The summed E-state index contributed by atoms with van der Waals surface area (Å²) < 4.78 is 0. The Labute approximate surface area is 75.0 Å². The fraction of sp³-hybridized carbons (Fsp3) is 1.00. The van der Waals surface area contributed by atoms with Crippen molar-refractivity contribution < 1.29 is 10.2 Å². The van der Waals surface area contributed by atoms with E-state index in [1.807, 2.05) is 11.9 Å². The van der Waals surface area contributed by atoms with Crippen molar-refractivity contribution in [1.29, 1.82) is 0 Å². The van der Waals surface area contributed by atoms with Crippen LogP contribution < -0.4 is 0 Å². The van der Waals surface area contributed by atoms with Crippen LogP contribution in [0.25, 0.3) is 0 Å². The highest BCUT2D eigenvalue weighted by Crippen LogP contribution is 2.01. The zero-order valence-electron chi connectivity index (χ0n) is 8.16. The van der Waals surface area contributed by atoms with E-state index in [0.717, 1.165) is 19.3 Å². The molecule has 0 radical (unpaired) electrons. The lowest BCUT2D eigenvalue weighted by Crippen LogP contribution is -2.31. The van der Waals surface area contributed by atoms with Gasteiger partial charge in [0.05, 0.1) is 12.7 Å². The molecular weight excluding hydrogens is 154 g/mol. The van der Waals surface area contributed by atoms with Crippen molar-refractivity contribution in [2.75, 3.05) is 26.7 Å². The summed E-state index contributed by atoms with van der Waals surface area (Å²) in [4.78, 5) is 1.94. The number of hydrogen-bond donors (Lipinski definition) is 2. The fourth-order valence-electron chi connectivity index (χ4n) is 1.15. The molecule has 0 aromatic rings. The van der Waals surface area contributed by atoms with Gasteiger partial charge in [-0.15, -0.1) is 0 Å². The van der Waals surface area contributed by atoms with Gasteiger partial charge in [0.25, 0.3) is 0 Å². The average molecular weight is 175 g/mol. The van der Waals surface area contributed by atoms with Crippen molar-refractivity contribution >= 4 is 0 Å². The van der Waals surface area contributed by atoms with Gasteiger partial charge in [-0.1, -0.05) is 19.8 Å². The van der Waals surface area contributed by atoms with Gasteiger partial charge in [-0.3, -0.25) is 0 Å². The van der Waals surface area contributed by atoms with Crippen LogP contribution in [0, 0.1) is 0 Å². The average Bonchev–Trinajstić information content (AvgIpc) is 2.01. The molecule has 0 saturated carbocycles. The largest absolute Gasteiger partial charge is 0.395 e. The van der Waals surface area contributed by atoms with Crippen molar-refractivity contribution in [2.24, 2.45) is 0 Å². The Balaban J connectivity index is 3.33. The summed E-state index contributed by atoms with van der Waals surface area (Å²) >= 11 is 0. The maximum absolute atomic E-state index is 9.45. The van der Waals surface area contributed by atoms with Crippen LogP contribution in [0.1, 0.15) is 26.2 Å². The molecule has 0 saturated heterocycles. The van der Waals surface area contributed by atoms with Gasteiger partial charge in [0.2, 0.25) is 0 Å². The Kier molecular flexibility index (Phi) is 7.45.